The molecular weight excluding hydrogens is 194 g/mol. The summed E-state index contributed by atoms with van der Waals surface area (Å²) in [6, 6.07) is 8.39. The van der Waals surface area contributed by atoms with Crippen molar-refractivity contribution in [1.29, 1.82) is 5.26 Å². The lowest BCUT2D eigenvalue weighted by Crippen LogP contribution is -2.07. The zero-order chi connectivity index (χ0) is 11.3. The molecule has 15 heavy (non-hydrogen) atoms. The maximum Gasteiger partial charge on any atom is 0.308 e. The van der Waals surface area contributed by atoms with Crippen molar-refractivity contribution in [3.8, 4) is 6.07 Å². The van der Waals surface area contributed by atoms with Gasteiger partial charge in [-0.2, -0.15) is 5.26 Å². The van der Waals surface area contributed by atoms with Gasteiger partial charge < -0.3 is 9.84 Å². The molecule has 0 aromatic heterocycles. The number of benzene rings is 1. The minimum atomic E-state index is -0.884. The Morgan fingerprint density at radius 1 is 1.53 bits per heavy atom. The van der Waals surface area contributed by atoms with Gasteiger partial charge in [0.05, 0.1) is 31.3 Å². The molecule has 0 radical (unpaired) electrons. The third kappa shape index (κ3) is 3.08. The van der Waals surface area contributed by atoms with Gasteiger partial charge in [-0.1, -0.05) is 12.1 Å². The third-order valence-electron chi connectivity index (χ3n) is 2.01. The molecule has 0 amide bonds. The zero-order valence-electron chi connectivity index (χ0n) is 8.30. The van der Waals surface area contributed by atoms with E-state index in [2.05, 4.69) is 4.74 Å². The Hall–Kier alpha value is -1.86. The number of methoxy groups -OCH3 is 1. The quantitative estimate of drug-likeness (QED) is 0.751. The Labute approximate surface area is 87.7 Å². The Morgan fingerprint density at radius 2 is 2.13 bits per heavy atom. The van der Waals surface area contributed by atoms with Crippen molar-refractivity contribution in [3.63, 3.8) is 0 Å². The van der Waals surface area contributed by atoms with E-state index in [1.807, 2.05) is 6.07 Å². The normalized spacial score (nSPS) is 11.5. The summed E-state index contributed by atoms with van der Waals surface area (Å²) in [6.07, 6.45) is -0.965. The first-order valence-electron chi connectivity index (χ1n) is 4.42. The highest BCUT2D eigenvalue weighted by molar-refractivity contribution is 5.70. The number of hydrogen-bond donors (Lipinski definition) is 1. The molecular formula is C11H11NO3. The van der Waals surface area contributed by atoms with Gasteiger partial charge >= 0.3 is 5.97 Å². The average Bonchev–Trinajstić information content (AvgIpc) is 2.29. The highest BCUT2D eigenvalue weighted by Crippen LogP contribution is 2.17. The van der Waals surface area contributed by atoms with Gasteiger partial charge in [-0.05, 0) is 17.7 Å². The molecule has 0 heterocycles. The van der Waals surface area contributed by atoms with Crippen molar-refractivity contribution in [2.24, 2.45) is 0 Å². The molecule has 1 atom stereocenters. The minimum Gasteiger partial charge on any atom is -0.469 e. The second-order valence-electron chi connectivity index (χ2n) is 3.03. The molecule has 0 unspecified atom stereocenters. The van der Waals surface area contributed by atoms with E-state index in [1.54, 1.807) is 24.3 Å². The first-order valence-corrected chi connectivity index (χ1v) is 4.42. The number of nitrogens with zero attached hydrogens (tertiary/aromatic N) is 1. The minimum absolute atomic E-state index is 0.0810. The van der Waals surface area contributed by atoms with Gasteiger partial charge in [0.25, 0.3) is 0 Å². The third-order valence-corrected chi connectivity index (χ3v) is 2.01. The summed E-state index contributed by atoms with van der Waals surface area (Å²) < 4.78 is 4.44. The Bertz CT molecular complexity index is 378. The van der Waals surface area contributed by atoms with Crippen molar-refractivity contribution in [2.45, 2.75) is 12.5 Å². The summed E-state index contributed by atoms with van der Waals surface area (Å²) in [5, 5.41) is 18.2. The molecule has 1 N–H and O–H groups in total. The SMILES string of the molecule is COC(=O)C[C@H](O)c1ccc(C#N)cc1. The molecule has 1 aromatic rings. The molecule has 1 rings (SSSR count). The maximum atomic E-state index is 10.9. The van der Waals surface area contributed by atoms with Crippen LogP contribution in [0.25, 0.3) is 0 Å². The van der Waals surface area contributed by atoms with Crippen molar-refractivity contribution >= 4 is 5.97 Å². The molecule has 0 aliphatic rings. The lowest BCUT2D eigenvalue weighted by atomic mass is 10.1. The van der Waals surface area contributed by atoms with Gasteiger partial charge in [-0.25, -0.2) is 0 Å². The fourth-order valence-corrected chi connectivity index (χ4v) is 1.14. The number of rotatable bonds is 3. The number of esters is 1. The molecule has 0 spiro atoms. The molecule has 0 aliphatic carbocycles. The van der Waals surface area contributed by atoms with E-state index in [1.165, 1.54) is 7.11 Å². The molecule has 0 aliphatic heterocycles. The van der Waals surface area contributed by atoms with Crippen molar-refractivity contribution in [3.05, 3.63) is 35.4 Å². The van der Waals surface area contributed by atoms with Crippen LogP contribution in [0.4, 0.5) is 0 Å². The Morgan fingerprint density at radius 3 is 2.60 bits per heavy atom. The number of hydrogen-bond acceptors (Lipinski definition) is 4. The molecule has 4 nitrogen and oxygen atoms in total. The van der Waals surface area contributed by atoms with Gasteiger partial charge in [0.15, 0.2) is 0 Å². The number of nitriles is 1. The lowest BCUT2D eigenvalue weighted by Gasteiger charge is -2.08. The van der Waals surface area contributed by atoms with Gasteiger partial charge in [-0.3, -0.25) is 4.79 Å². The first kappa shape index (κ1) is 11.2. The van der Waals surface area contributed by atoms with Crippen LogP contribution in [0.15, 0.2) is 24.3 Å². The van der Waals surface area contributed by atoms with Crippen LogP contribution < -0.4 is 0 Å². The number of aliphatic hydroxyl groups is 1. The predicted octanol–water partition coefficient (Wildman–Crippen LogP) is 1.15. The second kappa shape index (κ2) is 5.13. The summed E-state index contributed by atoms with van der Waals surface area (Å²) in [5.74, 6) is -0.466. The molecule has 0 fully saturated rings. The fraction of sp³-hybridized carbons (Fsp3) is 0.273. The average molecular weight is 205 g/mol. The van der Waals surface area contributed by atoms with Crippen LogP contribution in [-0.4, -0.2) is 18.2 Å². The van der Waals surface area contributed by atoms with Crippen molar-refractivity contribution in [1.82, 2.24) is 0 Å². The fourth-order valence-electron chi connectivity index (χ4n) is 1.14. The van der Waals surface area contributed by atoms with Crippen LogP contribution in [0.3, 0.4) is 0 Å². The van der Waals surface area contributed by atoms with E-state index in [-0.39, 0.29) is 6.42 Å². The van der Waals surface area contributed by atoms with Gasteiger partial charge in [0, 0.05) is 0 Å². The summed E-state index contributed by atoms with van der Waals surface area (Å²) in [6.45, 7) is 0. The molecule has 1 aromatic carbocycles. The summed E-state index contributed by atoms with van der Waals surface area (Å²) >= 11 is 0. The van der Waals surface area contributed by atoms with Gasteiger partial charge in [-0.15, -0.1) is 0 Å². The monoisotopic (exact) mass is 205 g/mol. The van der Waals surface area contributed by atoms with Crippen LogP contribution in [0, 0.1) is 11.3 Å². The smallest absolute Gasteiger partial charge is 0.308 e. The van der Waals surface area contributed by atoms with Gasteiger partial charge in [0.2, 0.25) is 0 Å². The maximum absolute atomic E-state index is 10.9. The number of ether oxygens (including phenoxy) is 1. The summed E-state index contributed by atoms with van der Waals surface area (Å²) in [7, 11) is 1.27. The van der Waals surface area contributed by atoms with E-state index in [0.29, 0.717) is 11.1 Å². The number of aliphatic hydroxyl groups excluding tert-OH is 1. The van der Waals surface area contributed by atoms with E-state index in [0.717, 1.165) is 0 Å². The molecule has 4 heteroatoms. The topological polar surface area (TPSA) is 70.3 Å². The van der Waals surface area contributed by atoms with Crippen LogP contribution in [0.2, 0.25) is 0 Å². The second-order valence-corrected chi connectivity index (χ2v) is 3.03. The summed E-state index contributed by atoms with van der Waals surface area (Å²) in [4.78, 5) is 10.9. The van der Waals surface area contributed by atoms with Gasteiger partial charge in [0.1, 0.15) is 0 Å². The van der Waals surface area contributed by atoms with E-state index in [9.17, 15) is 9.90 Å². The Balaban J connectivity index is 2.70. The van der Waals surface area contributed by atoms with Crippen LogP contribution in [0.1, 0.15) is 23.7 Å². The highest BCUT2D eigenvalue weighted by atomic mass is 16.5. The number of carbonyl (C=O) groups is 1. The van der Waals surface area contributed by atoms with Crippen LogP contribution in [-0.2, 0) is 9.53 Å². The molecule has 0 saturated carbocycles. The first-order chi connectivity index (χ1) is 7.17. The number of carbonyl (C=O) groups excluding carboxylic acids is 1. The summed E-state index contributed by atoms with van der Waals surface area (Å²) in [5.41, 5.74) is 1.11. The Kier molecular flexibility index (Phi) is 3.83. The molecule has 0 saturated heterocycles. The van der Waals surface area contributed by atoms with E-state index >= 15 is 0 Å². The van der Waals surface area contributed by atoms with Crippen molar-refractivity contribution < 1.29 is 14.6 Å². The zero-order valence-corrected chi connectivity index (χ0v) is 8.30. The van der Waals surface area contributed by atoms with E-state index < -0.39 is 12.1 Å². The highest BCUT2D eigenvalue weighted by Gasteiger charge is 2.12. The molecule has 78 valence electrons. The van der Waals surface area contributed by atoms with E-state index in [4.69, 9.17) is 5.26 Å². The lowest BCUT2D eigenvalue weighted by molar-refractivity contribution is -0.142. The molecule has 0 bridgehead atoms. The largest absolute Gasteiger partial charge is 0.469 e. The van der Waals surface area contributed by atoms with Crippen LogP contribution in [0.5, 0.6) is 0 Å². The van der Waals surface area contributed by atoms with Crippen molar-refractivity contribution in [2.75, 3.05) is 7.11 Å². The predicted molar refractivity (Wildman–Crippen MR) is 52.7 cm³/mol. The van der Waals surface area contributed by atoms with Crippen LogP contribution >= 0.6 is 0 Å². The standard InChI is InChI=1S/C11H11NO3/c1-15-11(14)6-10(13)9-4-2-8(7-12)3-5-9/h2-5,10,13H,6H2,1H3/t10-/m0/s1.